The van der Waals surface area contributed by atoms with E-state index in [0.29, 0.717) is 23.7 Å². The molecule has 0 radical (unpaired) electrons. The Morgan fingerprint density at radius 1 is 1.03 bits per heavy atom. The number of rotatable bonds is 5. The molecule has 0 unspecified atom stereocenters. The van der Waals surface area contributed by atoms with Crippen LogP contribution in [0.5, 0.6) is 0 Å². The van der Waals surface area contributed by atoms with Crippen molar-refractivity contribution in [3.8, 4) is 0 Å². The Hall–Kier alpha value is -4.40. The number of imidazole rings is 1. The molecular weight excluding hydrogens is 406 g/mol. The van der Waals surface area contributed by atoms with E-state index in [-0.39, 0.29) is 0 Å². The summed E-state index contributed by atoms with van der Waals surface area (Å²) in [6.07, 6.45) is 3.57. The van der Waals surface area contributed by atoms with E-state index in [9.17, 15) is 9.59 Å². The Morgan fingerprint density at radius 3 is 2.59 bits per heavy atom. The van der Waals surface area contributed by atoms with Gasteiger partial charge in [0.25, 0.3) is 5.56 Å². The van der Waals surface area contributed by atoms with Gasteiger partial charge in [-0.05, 0) is 11.6 Å². The third kappa shape index (κ3) is 3.20. The second-order valence-corrected chi connectivity index (χ2v) is 7.54. The van der Waals surface area contributed by atoms with Crippen LogP contribution in [-0.4, -0.2) is 29.9 Å². The molecule has 5 aromatic rings. The number of hydrazone groups is 1. The summed E-state index contributed by atoms with van der Waals surface area (Å²) in [6, 6.07) is 17.7. The smallest absolute Gasteiger partial charge is 0.332 e. The number of para-hydroxylation sites is 1. The van der Waals surface area contributed by atoms with E-state index in [0.717, 1.165) is 26.6 Å². The molecule has 0 aliphatic rings. The van der Waals surface area contributed by atoms with Crippen LogP contribution in [0.3, 0.4) is 0 Å². The Labute approximate surface area is 182 Å². The van der Waals surface area contributed by atoms with Crippen molar-refractivity contribution in [3.63, 3.8) is 0 Å². The van der Waals surface area contributed by atoms with Crippen molar-refractivity contribution < 1.29 is 0 Å². The van der Waals surface area contributed by atoms with Crippen molar-refractivity contribution >= 4 is 34.2 Å². The van der Waals surface area contributed by atoms with Gasteiger partial charge in [0.2, 0.25) is 5.95 Å². The van der Waals surface area contributed by atoms with Gasteiger partial charge in [-0.25, -0.2) is 10.2 Å². The van der Waals surface area contributed by atoms with Gasteiger partial charge in [0.15, 0.2) is 11.2 Å². The number of benzene rings is 2. The van der Waals surface area contributed by atoms with E-state index in [4.69, 9.17) is 0 Å². The summed E-state index contributed by atoms with van der Waals surface area (Å²) in [4.78, 5) is 33.1. The van der Waals surface area contributed by atoms with Gasteiger partial charge >= 0.3 is 5.69 Å². The molecule has 32 heavy (non-hydrogen) atoms. The van der Waals surface area contributed by atoms with E-state index in [1.54, 1.807) is 17.8 Å². The van der Waals surface area contributed by atoms with Crippen LogP contribution < -0.4 is 16.7 Å². The predicted octanol–water partition coefficient (Wildman–Crippen LogP) is 2.41. The van der Waals surface area contributed by atoms with Crippen molar-refractivity contribution in [2.24, 2.45) is 19.2 Å². The van der Waals surface area contributed by atoms with Crippen LogP contribution >= 0.6 is 0 Å². The molecule has 0 atom stereocenters. The molecule has 0 fully saturated rings. The predicted molar refractivity (Wildman–Crippen MR) is 125 cm³/mol. The number of H-pyrrole nitrogens is 1. The SMILES string of the molecule is Cn1c(=O)c2c(nc(N/N=C/c3c[nH]c4ccccc34)n2Cc2ccccc2)n(C)c1=O. The molecule has 0 amide bonds. The van der Waals surface area contributed by atoms with Crippen molar-refractivity contribution in [1.82, 2.24) is 23.7 Å². The molecule has 2 N–H and O–H groups in total. The van der Waals surface area contributed by atoms with Crippen LogP contribution in [0.4, 0.5) is 5.95 Å². The lowest BCUT2D eigenvalue weighted by Gasteiger charge is -2.09. The maximum Gasteiger partial charge on any atom is 0.332 e. The van der Waals surface area contributed by atoms with Crippen LogP contribution in [0.25, 0.3) is 22.1 Å². The molecule has 0 saturated heterocycles. The topological polar surface area (TPSA) is 102 Å². The van der Waals surface area contributed by atoms with Crippen LogP contribution in [0.1, 0.15) is 11.1 Å². The van der Waals surface area contributed by atoms with E-state index in [1.807, 2.05) is 60.8 Å². The number of fused-ring (bicyclic) bond motifs is 2. The second kappa shape index (κ2) is 7.69. The molecule has 0 spiro atoms. The summed E-state index contributed by atoms with van der Waals surface area (Å²) in [5, 5.41) is 5.41. The Kier molecular flexibility index (Phi) is 4.70. The third-order valence-electron chi connectivity index (χ3n) is 5.52. The molecule has 160 valence electrons. The first-order chi connectivity index (χ1) is 15.5. The third-order valence-corrected chi connectivity index (χ3v) is 5.52. The molecule has 0 bridgehead atoms. The molecule has 0 saturated carbocycles. The van der Waals surface area contributed by atoms with Crippen LogP contribution in [0.2, 0.25) is 0 Å². The molecule has 9 heteroatoms. The summed E-state index contributed by atoms with van der Waals surface area (Å²) in [6.45, 7) is 0.399. The number of aryl methyl sites for hydroxylation is 1. The average molecular weight is 427 g/mol. The zero-order valence-corrected chi connectivity index (χ0v) is 17.6. The molecule has 5 rings (SSSR count). The standard InChI is InChI=1S/C23H21N7O2/c1-28-20-19(21(31)29(2)23(28)32)30(14-15-8-4-3-5-9-15)22(26-20)27-25-13-16-12-24-18-11-7-6-10-17(16)18/h3-13,24H,14H2,1-2H3,(H,26,27)/b25-13+. The van der Waals surface area contributed by atoms with Crippen LogP contribution in [0.15, 0.2) is 75.5 Å². The lowest BCUT2D eigenvalue weighted by molar-refractivity contribution is 0.702. The first-order valence-corrected chi connectivity index (χ1v) is 10.1. The number of anilines is 1. The summed E-state index contributed by atoms with van der Waals surface area (Å²) in [5.74, 6) is 0.373. The largest absolute Gasteiger partial charge is 0.361 e. The molecule has 0 aliphatic carbocycles. The van der Waals surface area contributed by atoms with Gasteiger partial charge in [-0.15, -0.1) is 0 Å². The number of hydrogen-bond donors (Lipinski definition) is 2. The molecule has 3 heterocycles. The van der Waals surface area contributed by atoms with Crippen molar-refractivity contribution in [3.05, 3.63) is 92.8 Å². The van der Waals surface area contributed by atoms with Gasteiger partial charge in [0.1, 0.15) is 0 Å². The second-order valence-electron chi connectivity index (χ2n) is 7.54. The molecule has 0 aliphatic heterocycles. The highest BCUT2D eigenvalue weighted by Crippen LogP contribution is 2.19. The Morgan fingerprint density at radius 2 is 1.78 bits per heavy atom. The fourth-order valence-corrected chi connectivity index (χ4v) is 3.81. The summed E-state index contributed by atoms with van der Waals surface area (Å²) < 4.78 is 4.20. The Balaban J connectivity index is 1.60. The number of hydrogen-bond acceptors (Lipinski definition) is 5. The van der Waals surface area contributed by atoms with Gasteiger partial charge in [-0.3, -0.25) is 18.5 Å². The average Bonchev–Trinajstić information content (AvgIpc) is 3.39. The minimum atomic E-state index is -0.430. The number of nitrogens with one attached hydrogen (secondary N) is 2. The van der Waals surface area contributed by atoms with E-state index in [2.05, 4.69) is 20.5 Å². The summed E-state index contributed by atoms with van der Waals surface area (Å²) >= 11 is 0. The highest BCUT2D eigenvalue weighted by molar-refractivity contribution is 5.99. The fraction of sp³-hybridized carbons (Fsp3) is 0.130. The van der Waals surface area contributed by atoms with Crippen molar-refractivity contribution in [2.45, 2.75) is 6.54 Å². The van der Waals surface area contributed by atoms with Crippen molar-refractivity contribution in [1.29, 1.82) is 0 Å². The van der Waals surface area contributed by atoms with Crippen LogP contribution in [-0.2, 0) is 20.6 Å². The van der Waals surface area contributed by atoms with Gasteiger partial charge in [-0.2, -0.15) is 10.1 Å². The maximum atomic E-state index is 13.0. The summed E-state index contributed by atoms with van der Waals surface area (Å²) in [5.41, 5.74) is 5.70. The molecule has 9 nitrogen and oxygen atoms in total. The number of aromatic amines is 1. The fourth-order valence-electron chi connectivity index (χ4n) is 3.81. The Bertz CT molecular complexity index is 1590. The monoisotopic (exact) mass is 427 g/mol. The van der Waals surface area contributed by atoms with Crippen molar-refractivity contribution in [2.75, 3.05) is 5.43 Å². The van der Waals surface area contributed by atoms with Gasteiger partial charge in [0.05, 0.1) is 12.8 Å². The van der Waals surface area contributed by atoms with Gasteiger partial charge in [0, 0.05) is 36.8 Å². The molecule has 3 aromatic heterocycles. The summed E-state index contributed by atoms with van der Waals surface area (Å²) in [7, 11) is 3.06. The molecule has 2 aromatic carbocycles. The quantitative estimate of drug-likeness (QED) is 0.332. The van der Waals surface area contributed by atoms with Gasteiger partial charge in [-0.1, -0.05) is 48.5 Å². The lowest BCUT2D eigenvalue weighted by Crippen LogP contribution is -2.37. The normalized spacial score (nSPS) is 11.7. The first-order valence-electron chi connectivity index (χ1n) is 10.1. The zero-order chi connectivity index (χ0) is 22.2. The minimum Gasteiger partial charge on any atom is -0.361 e. The maximum absolute atomic E-state index is 13.0. The highest BCUT2D eigenvalue weighted by atomic mass is 16.2. The first kappa shape index (κ1) is 19.6. The minimum absolute atomic E-state index is 0.304. The van der Waals surface area contributed by atoms with E-state index >= 15 is 0 Å². The highest BCUT2D eigenvalue weighted by Gasteiger charge is 2.19. The zero-order valence-electron chi connectivity index (χ0n) is 17.6. The van der Waals surface area contributed by atoms with E-state index in [1.165, 1.54) is 11.6 Å². The van der Waals surface area contributed by atoms with E-state index < -0.39 is 11.2 Å². The van der Waals surface area contributed by atoms with Crippen LogP contribution in [0, 0.1) is 0 Å². The number of aromatic nitrogens is 5. The number of nitrogens with zero attached hydrogens (tertiary/aromatic N) is 5. The molecular formula is C23H21N7O2. The lowest BCUT2D eigenvalue weighted by atomic mass is 10.2. The van der Waals surface area contributed by atoms with Gasteiger partial charge < -0.3 is 4.98 Å².